The van der Waals surface area contributed by atoms with Crippen LogP contribution in [0.2, 0.25) is 0 Å². The van der Waals surface area contributed by atoms with Crippen LogP contribution in [0.1, 0.15) is 65.0 Å². The monoisotopic (exact) mass is 346 g/mol. The molecule has 1 aromatic rings. The van der Waals surface area contributed by atoms with Crippen molar-refractivity contribution in [2.45, 2.75) is 71.1 Å². The van der Waals surface area contributed by atoms with Crippen LogP contribution in [0.3, 0.4) is 0 Å². The van der Waals surface area contributed by atoms with Gasteiger partial charge in [-0.3, -0.25) is 4.79 Å². The topological polar surface area (TPSA) is 58.6 Å². The number of benzene rings is 1. The van der Waals surface area contributed by atoms with Crippen molar-refractivity contribution in [3.63, 3.8) is 0 Å². The minimum absolute atomic E-state index is 0.0522. The first-order valence-corrected chi connectivity index (χ1v) is 9.16. The molecule has 5 nitrogen and oxygen atoms in total. The first-order valence-electron chi connectivity index (χ1n) is 9.16. The van der Waals surface area contributed by atoms with Crippen molar-refractivity contribution in [3.05, 3.63) is 35.9 Å². The van der Waals surface area contributed by atoms with Crippen molar-refractivity contribution in [2.24, 2.45) is 0 Å². The number of likely N-dealkylation sites (tertiary alicyclic amines) is 1. The van der Waals surface area contributed by atoms with Crippen LogP contribution in [-0.4, -0.2) is 35.1 Å². The predicted molar refractivity (Wildman–Crippen MR) is 98.2 cm³/mol. The molecule has 0 aromatic heterocycles. The average Bonchev–Trinajstić information content (AvgIpc) is 2.58. The number of carbonyl (C=O) groups is 2. The van der Waals surface area contributed by atoms with Gasteiger partial charge in [0.25, 0.3) is 0 Å². The standard InChI is InChI=1S/C20H30N2O3/c1-5-16-13-9-10-14-22(16)18(23)17(15-11-7-6-8-12-15)21-19(24)25-20(2,3)4/h6-8,11-12,16-17H,5,9-10,13-14H2,1-4H3,(H,21,24). The lowest BCUT2D eigenvalue weighted by molar-refractivity contribution is -0.137. The Labute approximate surface area is 150 Å². The molecule has 1 heterocycles. The SMILES string of the molecule is CCC1CCCCN1C(=O)C(NC(=O)OC(C)(C)C)c1ccccc1. The number of ether oxygens (including phenoxy) is 1. The fourth-order valence-electron chi connectivity index (χ4n) is 3.24. The van der Waals surface area contributed by atoms with Crippen molar-refractivity contribution in [2.75, 3.05) is 6.54 Å². The molecule has 2 unspecified atom stereocenters. The van der Waals surface area contributed by atoms with Gasteiger partial charge in [0.05, 0.1) is 0 Å². The first kappa shape index (κ1) is 19.3. The predicted octanol–water partition coefficient (Wildman–Crippen LogP) is 4.04. The van der Waals surface area contributed by atoms with Gasteiger partial charge in [0.2, 0.25) is 5.91 Å². The van der Waals surface area contributed by atoms with E-state index in [2.05, 4.69) is 12.2 Å². The summed E-state index contributed by atoms with van der Waals surface area (Å²) in [5, 5.41) is 2.78. The molecule has 0 saturated carbocycles. The van der Waals surface area contributed by atoms with Gasteiger partial charge in [-0.1, -0.05) is 37.3 Å². The smallest absolute Gasteiger partial charge is 0.408 e. The molecule has 0 radical (unpaired) electrons. The second-order valence-electron chi connectivity index (χ2n) is 7.58. The maximum Gasteiger partial charge on any atom is 0.408 e. The van der Waals surface area contributed by atoms with E-state index in [0.717, 1.165) is 37.8 Å². The van der Waals surface area contributed by atoms with Crippen molar-refractivity contribution in [1.29, 1.82) is 0 Å². The van der Waals surface area contributed by atoms with Gasteiger partial charge in [-0.15, -0.1) is 0 Å². The molecule has 0 bridgehead atoms. The Morgan fingerprint density at radius 1 is 1.24 bits per heavy atom. The quantitative estimate of drug-likeness (QED) is 0.895. The van der Waals surface area contributed by atoms with E-state index in [4.69, 9.17) is 4.74 Å². The average molecular weight is 346 g/mol. The zero-order valence-corrected chi connectivity index (χ0v) is 15.7. The molecule has 2 atom stereocenters. The number of piperidine rings is 1. The Hall–Kier alpha value is -2.04. The summed E-state index contributed by atoms with van der Waals surface area (Å²) in [5.41, 5.74) is 0.171. The van der Waals surface area contributed by atoms with Gasteiger partial charge in [0.15, 0.2) is 0 Å². The van der Waals surface area contributed by atoms with Gasteiger partial charge in [-0.25, -0.2) is 4.79 Å². The van der Waals surface area contributed by atoms with Gasteiger partial charge >= 0.3 is 6.09 Å². The molecule has 1 aromatic carbocycles. The third-order valence-corrected chi connectivity index (χ3v) is 4.42. The van der Waals surface area contributed by atoms with Crippen LogP contribution >= 0.6 is 0 Å². The fraction of sp³-hybridized carbons (Fsp3) is 0.600. The molecule has 1 aliphatic rings. The zero-order chi connectivity index (χ0) is 18.4. The van der Waals surface area contributed by atoms with E-state index in [1.54, 1.807) is 0 Å². The van der Waals surface area contributed by atoms with Crippen molar-refractivity contribution >= 4 is 12.0 Å². The number of hydrogen-bond acceptors (Lipinski definition) is 3. The summed E-state index contributed by atoms with van der Waals surface area (Å²) >= 11 is 0. The minimum atomic E-state index is -0.719. The van der Waals surface area contributed by atoms with E-state index in [-0.39, 0.29) is 11.9 Å². The van der Waals surface area contributed by atoms with Gasteiger partial charge in [-0.05, 0) is 52.0 Å². The fourth-order valence-corrected chi connectivity index (χ4v) is 3.24. The molecule has 1 saturated heterocycles. The van der Waals surface area contributed by atoms with E-state index in [0.29, 0.717) is 0 Å². The van der Waals surface area contributed by atoms with Crippen LogP contribution in [0.4, 0.5) is 4.79 Å². The van der Waals surface area contributed by atoms with Crippen LogP contribution in [0, 0.1) is 0 Å². The maximum atomic E-state index is 13.2. The maximum absolute atomic E-state index is 13.2. The second kappa shape index (κ2) is 8.37. The molecule has 1 N–H and O–H groups in total. The third kappa shape index (κ3) is 5.48. The van der Waals surface area contributed by atoms with Crippen molar-refractivity contribution in [1.82, 2.24) is 10.2 Å². The van der Waals surface area contributed by atoms with Crippen LogP contribution in [0.25, 0.3) is 0 Å². The number of alkyl carbamates (subject to hydrolysis) is 1. The summed E-state index contributed by atoms with van der Waals surface area (Å²) in [5.74, 6) is -0.0522. The molecule has 0 spiro atoms. The van der Waals surface area contributed by atoms with Crippen molar-refractivity contribution in [3.8, 4) is 0 Å². The molecule has 138 valence electrons. The third-order valence-electron chi connectivity index (χ3n) is 4.42. The van der Waals surface area contributed by atoms with E-state index in [9.17, 15) is 9.59 Å². The summed E-state index contributed by atoms with van der Waals surface area (Å²) in [6.45, 7) is 8.28. The lowest BCUT2D eigenvalue weighted by Crippen LogP contribution is -2.49. The lowest BCUT2D eigenvalue weighted by atomic mass is 9.97. The summed E-state index contributed by atoms with van der Waals surface area (Å²) in [7, 11) is 0. The molecular weight excluding hydrogens is 316 g/mol. The van der Waals surface area contributed by atoms with E-state index < -0.39 is 17.7 Å². The lowest BCUT2D eigenvalue weighted by Gasteiger charge is -2.37. The molecule has 0 aliphatic carbocycles. The Morgan fingerprint density at radius 2 is 1.92 bits per heavy atom. The molecule has 1 fully saturated rings. The number of hydrogen-bond donors (Lipinski definition) is 1. The number of nitrogens with one attached hydrogen (secondary N) is 1. The Bertz CT molecular complexity index is 580. The Balaban J connectivity index is 2.22. The number of carbonyl (C=O) groups excluding carboxylic acids is 2. The second-order valence-corrected chi connectivity index (χ2v) is 7.58. The number of amides is 2. The van der Waals surface area contributed by atoms with E-state index in [1.807, 2.05) is 56.0 Å². The highest BCUT2D eigenvalue weighted by molar-refractivity contribution is 5.87. The highest BCUT2D eigenvalue weighted by Crippen LogP contribution is 2.25. The molecular formula is C20H30N2O3. The van der Waals surface area contributed by atoms with Gasteiger partial charge in [0, 0.05) is 12.6 Å². The summed E-state index contributed by atoms with van der Waals surface area (Å²) in [6.07, 6.45) is 3.55. The molecule has 2 amide bonds. The van der Waals surface area contributed by atoms with E-state index in [1.165, 1.54) is 0 Å². The largest absolute Gasteiger partial charge is 0.444 e. The van der Waals surface area contributed by atoms with Crippen LogP contribution < -0.4 is 5.32 Å². The summed E-state index contributed by atoms with van der Waals surface area (Å²) in [4.78, 5) is 27.4. The van der Waals surface area contributed by atoms with Crippen LogP contribution in [0.5, 0.6) is 0 Å². The van der Waals surface area contributed by atoms with Crippen LogP contribution in [0.15, 0.2) is 30.3 Å². The Kier molecular flexibility index (Phi) is 6.45. The van der Waals surface area contributed by atoms with Gasteiger partial charge in [-0.2, -0.15) is 0 Å². The molecule has 5 heteroatoms. The highest BCUT2D eigenvalue weighted by Gasteiger charge is 2.33. The Morgan fingerprint density at radius 3 is 2.52 bits per heavy atom. The highest BCUT2D eigenvalue weighted by atomic mass is 16.6. The first-order chi connectivity index (χ1) is 11.8. The van der Waals surface area contributed by atoms with Crippen LogP contribution in [-0.2, 0) is 9.53 Å². The molecule has 1 aliphatic heterocycles. The van der Waals surface area contributed by atoms with Crippen molar-refractivity contribution < 1.29 is 14.3 Å². The van der Waals surface area contributed by atoms with Gasteiger partial charge in [0.1, 0.15) is 11.6 Å². The number of nitrogens with zero attached hydrogens (tertiary/aromatic N) is 1. The molecule has 2 rings (SSSR count). The normalized spacial score (nSPS) is 19.2. The summed E-state index contributed by atoms with van der Waals surface area (Å²) < 4.78 is 5.36. The number of rotatable bonds is 4. The minimum Gasteiger partial charge on any atom is -0.444 e. The van der Waals surface area contributed by atoms with E-state index >= 15 is 0 Å². The molecule has 25 heavy (non-hydrogen) atoms. The zero-order valence-electron chi connectivity index (χ0n) is 15.7. The van der Waals surface area contributed by atoms with Gasteiger partial charge < -0.3 is 15.0 Å². The summed E-state index contributed by atoms with van der Waals surface area (Å²) in [6, 6.07) is 8.90.